The Morgan fingerprint density at radius 3 is 2.59 bits per heavy atom. The van der Waals surface area contributed by atoms with E-state index in [9.17, 15) is 18.4 Å². The molecule has 3 rings (SSSR count). The van der Waals surface area contributed by atoms with Crippen molar-refractivity contribution in [3.05, 3.63) is 53.4 Å². The van der Waals surface area contributed by atoms with Crippen LogP contribution in [0.25, 0.3) is 0 Å². The van der Waals surface area contributed by atoms with E-state index in [4.69, 9.17) is 0 Å². The fourth-order valence-electron chi connectivity index (χ4n) is 3.32. The maximum atomic E-state index is 13.9. The van der Waals surface area contributed by atoms with Crippen LogP contribution in [0.2, 0.25) is 0 Å². The Morgan fingerprint density at radius 1 is 1.28 bits per heavy atom. The molecule has 0 saturated carbocycles. The predicted molar refractivity (Wildman–Crippen MR) is 103 cm³/mol. The highest BCUT2D eigenvalue weighted by molar-refractivity contribution is 5.94. The van der Waals surface area contributed by atoms with Crippen LogP contribution in [0.1, 0.15) is 42.2 Å². The Kier molecular flexibility index (Phi) is 6.05. The number of hydrogen-bond donors (Lipinski definition) is 1. The van der Waals surface area contributed by atoms with Crippen molar-refractivity contribution in [1.29, 1.82) is 0 Å². The number of amides is 2. The van der Waals surface area contributed by atoms with E-state index in [-0.39, 0.29) is 29.4 Å². The third-order valence-corrected chi connectivity index (χ3v) is 5.17. The first kappa shape index (κ1) is 20.6. The molecule has 9 heteroatoms. The number of aromatic nitrogens is 2. The SMILES string of the molecule is CC(=O)N(C)[C@H]1CCN(C(=O)c2cnc(N[C@H](C)c3ccc(F)cc3F)nc2)C1. The summed E-state index contributed by atoms with van der Waals surface area (Å²) in [5.74, 6) is -1.30. The Labute approximate surface area is 167 Å². The van der Waals surface area contributed by atoms with Gasteiger partial charge in [-0.2, -0.15) is 0 Å². The van der Waals surface area contributed by atoms with Crippen LogP contribution < -0.4 is 5.32 Å². The van der Waals surface area contributed by atoms with E-state index in [1.165, 1.54) is 31.5 Å². The van der Waals surface area contributed by atoms with E-state index < -0.39 is 17.7 Å². The largest absolute Gasteiger partial charge is 0.348 e. The molecule has 2 aromatic rings. The van der Waals surface area contributed by atoms with E-state index in [2.05, 4.69) is 15.3 Å². The van der Waals surface area contributed by atoms with E-state index in [0.29, 0.717) is 18.7 Å². The zero-order valence-corrected chi connectivity index (χ0v) is 16.5. The van der Waals surface area contributed by atoms with Crippen molar-refractivity contribution in [2.45, 2.75) is 32.4 Å². The van der Waals surface area contributed by atoms with E-state index in [0.717, 1.165) is 12.5 Å². The van der Waals surface area contributed by atoms with Crippen molar-refractivity contribution >= 4 is 17.8 Å². The first-order valence-corrected chi connectivity index (χ1v) is 9.32. The second kappa shape index (κ2) is 8.50. The molecule has 2 heterocycles. The summed E-state index contributed by atoms with van der Waals surface area (Å²) in [4.78, 5) is 35.7. The van der Waals surface area contributed by atoms with Gasteiger partial charge in [-0.25, -0.2) is 18.7 Å². The molecule has 2 amide bonds. The molecule has 1 fully saturated rings. The van der Waals surface area contributed by atoms with Gasteiger partial charge in [0.25, 0.3) is 5.91 Å². The van der Waals surface area contributed by atoms with Gasteiger partial charge in [0, 0.05) is 51.1 Å². The Morgan fingerprint density at radius 2 is 1.97 bits per heavy atom. The topological polar surface area (TPSA) is 78.4 Å². The summed E-state index contributed by atoms with van der Waals surface area (Å²) in [6.45, 7) is 4.23. The first-order chi connectivity index (χ1) is 13.8. The van der Waals surface area contributed by atoms with Crippen molar-refractivity contribution in [3.63, 3.8) is 0 Å². The van der Waals surface area contributed by atoms with Crippen LogP contribution >= 0.6 is 0 Å². The van der Waals surface area contributed by atoms with Crippen LogP contribution in [0.4, 0.5) is 14.7 Å². The molecule has 29 heavy (non-hydrogen) atoms. The standard InChI is InChI=1S/C20H23F2N5O2/c1-12(17-5-4-15(21)8-18(17)22)25-20-23-9-14(10-24-20)19(29)27-7-6-16(11-27)26(3)13(2)28/h4-5,8-10,12,16H,6-7,11H2,1-3H3,(H,23,24,25)/t12-,16+/m1/s1. The number of nitrogens with zero attached hydrogens (tertiary/aromatic N) is 4. The summed E-state index contributed by atoms with van der Waals surface area (Å²) in [6, 6.07) is 2.89. The molecular formula is C20H23F2N5O2. The summed E-state index contributed by atoms with van der Waals surface area (Å²) in [5.41, 5.74) is 0.621. The van der Waals surface area contributed by atoms with Crippen LogP contribution in [0.5, 0.6) is 0 Å². The molecule has 1 aromatic carbocycles. The number of hydrogen-bond acceptors (Lipinski definition) is 5. The van der Waals surface area contributed by atoms with Crippen LogP contribution in [0, 0.1) is 11.6 Å². The third kappa shape index (κ3) is 4.67. The lowest BCUT2D eigenvalue weighted by Gasteiger charge is -2.23. The van der Waals surface area contributed by atoms with Crippen LogP contribution in [0.15, 0.2) is 30.6 Å². The second-order valence-corrected chi connectivity index (χ2v) is 7.15. The molecule has 1 saturated heterocycles. The lowest BCUT2D eigenvalue weighted by Crippen LogP contribution is -2.39. The monoisotopic (exact) mass is 403 g/mol. The molecule has 1 N–H and O–H groups in total. The molecule has 0 unspecified atom stereocenters. The summed E-state index contributed by atoms with van der Waals surface area (Å²) >= 11 is 0. The molecule has 0 bridgehead atoms. The minimum absolute atomic E-state index is 0.00441. The molecule has 154 valence electrons. The van der Waals surface area contributed by atoms with Gasteiger partial charge in [0.1, 0.15) is 11.6 Å². The molecule has 7 nitrogen and oxygen atoms in total. The Hall–Kier alpha value is -3.10. The summed E-state index contributed by atoms with van der Waals surface area (Å²) in [6.07, 6.45) is 3.55. The lowest BCUT2D eigenvalue weighted by atomic mass is 10.1. The number of rotatable bonds is 5. The van der Waals surface area contributed by atoms with Gasteiger partial charge in [0.2, 0.25) is 11.9 Å². The highest BCUT2D eigenvalue weighted by Crippen LogP contribution is 2.21. The number of likely N-dealkylation sites (N-methyl/N-ethyl adjacent to an activating group) is 1. The van der Waals surface area contributed by atoms with Crippen LogP contribution in [0.3, 0.4) is 0 Å². The number of carbonyl (C=O) groups is 2. The van der Waals surface area contributed by atoms with Crippen molar-refractivity contribution in [2.24, 2.45) is 0 Å². The summed E-state index contributed by atoms with van der Waals surface area (Å²) in [7, 11) is 1.73. The van der Waals surface area contributed by atoms with Gasteiger partial charge in [-0.15, -0.1) is 0 Å². The van der Waals surface area contributed by atoms with Gasteiger partial charge in [-0.1, -0.05) is 6.07 Å². The Bertz CT molecular complexity index is 906. The summed E-state index contributed by atoms with van der Waals surface area (Å²) < 4.78 is 26.9. The molecule has 0 spiro atoms. The highest BCUT2D eigenvalue weighted by atomic mass is 19.1. The molecule has 1 aliphatic heterocycles. The molecular weight excluding hydrogens is 380 g/mol. The molecule has 1 aromatic heterocycles. The fraction of sp³-hybridized carbons (Fsp3) is 0.400. The van der Waals surface area contributed by atoms with Crippen molar-refractivity contribution in [1.82, 2.24) is 19.8 Å². The quantitative estimate of drug-likeness (QED) is 0.830. The number of halogens is 2. The molecule has 1 aliphatic rings. The average molecular weight is 403 g/mol. The van der Waals surface area contributed by atoms with Gasteiger partial charge < -0.3 is 15.1 Å². The third-order valence-electron chi connectivity index (χ3n) is 5.17. The number of benzene rings is 1. The number of anilines is 1. The molecule has 2 atom stereocenters. The fourth-order valence-corrected chi connectivity index (χ4v) is 3.32. The zero-order valence-electron chi connectivity index (χ0n) is 16.5. The lowest BCUT2D eigenvalue weighted by molar-refractivity contribution is -0.129. The predicted octanol–water partition coefficient (Wildman–Crippen LogP) is 2.62. The maximum Gasteiger partial charge on any atom is 0.257 e. The van der Waals surface area contributed by atoms with Gasteiger partial charge >= 0.3 is 0 Å². The average Bonchev–Trinajstić information content (AvgIpc) is 3.17. The zero-order chi connectivity index (χ0) is 21.1. The number of likely N-dealkylation sites (tertiary alicyclic amines) is 1. The van der Waals surface area contributed by atoms with Gasteiger partial charge in [0.15, 0.2) is 0 Å². The van der Waals surface area contributed by atoms with Crippen molar-refractivity contribution in [3.8, 4) is 0 Å². The van der Waals surface area contributed by atoms with Gasteiger partial charge in [0.05, 0.1) is 17.6 Å². The van der Waals surface area contributed by atoms with Crippen molar-refractivity contribution < 1.29 is 18.4 Å². The second-order valence-electron chi connectivity index (χ2n) is 7.15. The summed E-state index contributed by atoms with van der Waals surface area (Å²) in [5, 5.41) is 2.93. The normalized spacial score (nSPS) is 17.1. The number of carbonyl (C=O) groups excluding carboxylic acids is 2. The first-order valence-electron chi connectivity index (χ1n) is 9.32. The minimum atomic E-state index is -0.657. The van der Waals surface area contributed by atoms with E-state index in [1.54, 1.807) is 23.8 Å². The highest BCUT2D eigenvalue weighted by Gasteiger charge is 2.30. The Balaban J connectivity index is 1.62. The maximum absolute atomic E-state index is 13.9. The molecule has 0 aliphatic carbocycles. The van der Waals surface area contributed by atoms with E-state index >= 15 is 0 Å². The van der Waals surface area contributed by atoms with E-state index in [1.807, 2.05) is 0 Å². The van der Waals surface area contributed by atoms with Crippen LogP contribution in [-0.2, 0) is 4.79 Å². The smallest absolute Gasteiger partial charge is 0.257 e. The van der Waals surface area contributed by atoms with Crippen LogP contribution in [-0.4, -0.2) is 57.8 Å². The van der Waals surface area contributed by atoms with Gasteiger partial charge in [-0.3, -0.25) is 9.59 Å². The van der Waals surface area contributed by atoms with Gasteiger partial charge in [-0.05, 0) is 19.4 Å². The molecule has 0 radical (unpaired) electrons. The number of nitrogens with one attached hydrogen (secondary N) is 1. The minimum Gasteiger partial charge on any atom is -0.348 e. The van der Waals surface area contributed by atoms with Crippen molar-refractivity contribution in [2.75, 3.05) is 25.5 Å².